The summed E-state index contributed by atoms with van der Waals surface area (Å²) >= 11 is 4.03. The summed E-state index contributed by atoms with van der Waals surface area (Å²) in [6, 6.07) is 0.356. The molecule has 13 heavy (non-hydrogen) atoms. The molecule has 1 rings (SSSR count). The fraction of sp³-hybridized carbons (Fsp3) is 0.900. The van der Waals surface area contributed by atoms with Gasteiger partial charge in [-0.05, 0) is 31.4 Å². The van der Waals surface area contributed by atoms with Crippen LogP contribution in [0.1, 0.15) is 39.0 Å². The maximum atomic E-state index is 11.3. The van der Waals surface area contributed by atoms with Crippen LogP contribution in [0, 0.1) is 5.92 Å². The van der Waals surface area contributed by atoms with Gasteiger partial charge in [0.15, 0.2) is 0 Å². The molecule has 0 saturated heterocycles. The third kappa shape index (κ3) is 3.59. The van der Waals surface area contributed by atoms with Gasteiger partial charge in [-0.1, -0.05) is 12.8 Å². The quantitative estimate of drug-likeness (QED) is 0.669. The van der Waals surface area contributed by atoms with E-state index in [9.17, 15) is 4.79 Å². The van der Waals surface area contributed by atoms with Crippen LogP contribution in [0.25, 0.3) is 0 Å². The van der Waals surface area contributed by atoms with Crippen molar-refractivity contribution in [3.8, 4) is 0 Å². The molecule has 1 unspecified atom stereocenters. The number of hydrogen-bond donors (Lipinski definition) is 2. The molecular weight excluding hydrogens is 182 g/mol. The molecular formula is C10H19NOS. The molecule has 0 aromatic heterocycles. The van der Waals surface area contributed by atoms with Crippen molar-refractivity contribution in [2.75, 3.05) is 5.75 Å². The van der Waals surface area contributed by atoms with Crippen molar-refractivity contribution in [1.82, 2.24) is 5.32 Å². The van der Waals surface area contributed by atoms with E-state index in [4.69, 9.17) is 0 Å². The van der Waals surface area contributed by atoms with Crippen molar-refractivity contribution in [2.45, 2.75) is 45.1 Å². The Bertz CT molecular complexity index is 166. The molecule has 0 radical (unpaired) electrons. The van der Waals surface area contributed by atoms with Crippen molar-refractivity contribution in [3.05, 3.63) is 0 Å². The molecule has 76 valence electrons. The standard InChI is InChI=1S/C10H19NOS/c1-8(9-4-2-3-5-9)11-10(12)6-7-13/h8-9,13H,2-7H2,1H3,(H,11,12). The number of carbonyl (C=O) groups excluding carboxylic acids is 1. The van der Waals surface area contributed by atoms with E-state index >= 15 is 0 Å². The number of rotatable bonds is 4. The Hall–Kier alpha value is -0.180. The van der Waals surface area contributed by atoms with E-state index in [1.54, 1.807) is 0 Å². The first-order chi connectivity index (χ1) is 6.24. The Morgan fingerprint density at radius 3 is 2.69 bits per heavy atom. The van der Waals surface area contributed by atoms with Crippen LogP contribution < -0.4 is 5.32 Å². The molecule has 0 heterocycles. The lowest BCUT2D eigenvalue weighted by atomic mass is 10.00. The van der Waals surface area contributed by atoms with E-state index in [-0.39, 0.29) is 5.91 Å². The summed E-state index contributed by atoms with van der Waals surface area (Å²) in [5.41, 5.74) is 0. The summed E-state index contributed by atoms with van der Waals surface area (Å²) < 4.78 is 0. The van der Waals surface area contributed by atoms with Gasteiger partial charge in [0.25, 0.3) is 0 Å². The minimum Gasteiger partial charge on any atom is -0.353 e. The number of nitrogens with one attached hydrogen (secondary N) is 1. The van der Waals surface area contributed by atoms with Crippen molar-refractivity contribution < 1.29 is 4.79 Å². The summed E-state index contributed by atoms with van der Waals surface area (Å²) in [5, 5.41) is 3.03. The lowest BCUT2D eigenvalue weighted by Gasteiger charge is -2.19. The lowest BCUT2D eigenvalue weighted by Crippen LogP contribution is -2.37. The van der Waals surface area contributed by atoms with E-state index in [1.807, 2.05) is 0 Å². The van der Waals surface area contributed by atoms with E-state index in [0.717, 1.165) is 0 Å². The Morgan fingerprint density at radius 1 is 1.54 bits per heavy atom. The maximum absolute atomic E-state index is 11.3. The number of carbonyl (C=O) groups is 1. The summed E-state index contributed by atoms with van der Waals surface area (Å²) in [6.07, 6.45) is 5.76. The Kier molecular flexibility index (Phi) is 4.64. The van der Waals surface area contributed by atoms with Crippen LogP contribution in [0.3, 0.4) is 0 Å². The van der Waals surface area contributed by atoms with Gasteiger partial charge in [0, 0.05) is 12.5 Å². The summed E-state index contributed by atoms with van der Waals surface area (Å²) in [4.78, 5) is 11.3. The monoisotopic (exact) mass is 201 g/mol. The highest BCUT2D eigenvalue weighted by molar-refractivity contribution is 7.80. The van der Waals surface area contributed by atoms with Gasteiger partial charge < -0.3 is 5.32 Å². The van der Waals surface area contributed by atoms with E-state index in [0.29, 0.717) is 24.1 Å². The molecule has 1 atom stereocenters. The predicted molar refractivity (Wildman–Crippen MR) is 58.0 cm³/mol. The number of hydrogen-bond acceptors (Lipinski definition) is 2. The summed E-state index contributed by atoms with van der Waals surface area (Å²) in [7, 11) is 0. The van der Waals surface area contributed by atoms with Gasteiger partial charge in [-0.3, -0.25) is 4.79 Å². The first-order valence-corrected chi connectivity index (χ1v) is 5.77. The maximum Gasteiger partial charge on any atom is 0.221 e. The summed E-state index contributed by atoms with van der Waals surface area (Å²) in [6.45, 7) is 2.12. The van der Waals surface area contributed by atoms with Crippen LogP contribution in [-0.2, 0) is 4.79 Å². The minimum atomic E-state index is 0.148. The molecule has 1 saturated carbocycles. The molecule has 1 aliphatic carbocycles. The van der Waals surface area contributed by atoms with Gasteiger partial charge in [0.05, 0.1) is 0 Å². The molecule has 1 aliphatic rings. The average molecular weight is 201 g/mol. The molecule has 0 spiro atoms. The topological polar surface area (TPSA) is 29.1 Å². The van der Waals surface area contributed by atoms with Gasteiger partial charge in [-0.2, -0.15) is 12.6 Å². The Labute approximate surface area is 85.9 Å². The Balaban J connectivity index is 2.22. The Morgan fingerprint density at radius 2 is 2.15 bits per heavy atom. The lowest BCUT2D eigenvalue weighted by molar-refractivity contribution is -0.121. The van der Waals surface area contributed by atoms with E-state index < -0.39 is 0 Å². The first-order valence-electron chi connectivity index (χ1n) is 5.14. The van der Waals surface area contributed by atoms with E-state index in [2.05, 4.69) is 24.9 Å². The minimum absolute atomic E-state index is 0.148. The van der Waals surface area contributed by atoms with Crippen LogP contribution in [0.4, 0.5) is 0 Å². The van der Waals surface area contributed by atoms with Crippen LogP contribution in [0.5, 0.6) is 0 Å². The zero-order chi connectivity index (χ0) is 9.68. The molecule has 0 aromatic carbocycles. The second-order valence-electron chi connectivity index (χ2n) is 3.87. The van der Waals surface area contributed by atoms with Crippen LogP contribution in [0.15, 0.2) is 0 Å². The van der Waals surface area contributed by atoms with Crippen LogP contribution in [0.2, 0.25) is 0 Å². The first kappa shape index (κ1) is 10.9. The fourth-order valence-corrected chi connectivity index (χ4v) is 2.21. The second kappa shape index (κ2) is 5.53. The van der Waals surface area contributed by atoms with Crippen LogP contribution in [-0.4, -0.2) is 17.7 Å². The third-order valence-electron chi connectivity index (χ3n) is 2.83. The zero-order valence-corrected chi connectivity index (χ0v) is 9.15. The molecule has 0 aliphatic heterocycles. The molecule has 0 bridgehead atoms. The molecule has 1 N–H and O–H groups in total. The number of amides is 1. The smallest absolute Gasteiger partial charge is 0.221 e. The largest absolute Gasteiger partial charge is 0.353 e. The van der Waals surface area contributed by atoms with Crippen molar-refractivity contribution in [2.24, 2.45) is 5.92 Å². The normalized spacial score (nSPS) is 20.2. The van der Waals surface area contributed by atoms with Gasteiger partial charge in [-0.15, -0.1) is 0 Å². The highest BCUT2D eigenvalue weighted by Gasteiger charge is 2.22. The molecule has 0 aromatic rings. The molecule has 1 fully saturated rings. The zero-order valence-electron chi connectivity index (χ0n) is 8.25. The van der Waals surface area contributed by atoms with Crippen molar-refractivity contribution in [1.29, 1.82) is 0 Å². The highest BCUT2D eigenvalue weighted by Crippen LogP contribution is 2.27. The molecule has 3 heteroatoms. The summed E-state index contributed by atoms with van der Waals surface area (Å²) in [5.74, 6) is 1.50. The van der Waals surface area contributed by atoms with Gasteiger partial charge in [0.2, 0.25) is 5.91 Å². The second-order valence-corrected chi connectivity index (χ2v) is 4.32. The van der Waals surface area contributed by atoms with Gasteiger partial charge >= 0.3 is 0 Å². The third-order valence-corrected chi connectivity index (χ3v) is 3.06. The SMILES string of the molecule is CC(NC(=O)CCS)C1CCCC1. The van der Waals surface area contributed by atoms with Crippen molar-refractivity contribution in [3.63, 3.8) is 0 Å². The van der Waals surface area contributed by atoms with Gasteiger partial charge in [0.1, 0.15) is 0 Å². The fourth-order valence-electron chi connectivity index (χ4n) is 2.00. The van der Waals surface area contributed by atoms with Gasteiger partial charge in [-0.25, -0.2) is 0 Å². The highest BCUT2D eigenvalue weighted by atomic mass is 32.1. The predicted octanol–water partition coefficient (Wildman–Crippen LogP) is 2.00. The van der Waals surface area contributed by atoms with E-state index in [1.165, 1.54) is 25.7 Å². The molecule has 1 amide bonds. The average Bonchev–Trinajstić information content (AvgIpc) is 2.55. The number of thiol groups is 1. The molecule has 2 nitrogen and oxygen atoms in total. The van der Waals surface area contributed by atoms with Crippen LogP contribution >= 0.6 is 12.6 Å². The van der Waals surface area contributed by atoms with Crippen molar-refractivity contribution >= 4 is 18.5 Å².